The number of aromatic hydroxyl groups is 1. The number of phenolic OH excluding ortho intramolecular Hbond substituents is 1. The topological polar surface area (TPSA) is 29.5 Å². The fourth-order valence-electron chi connectivity index (χ4n) is 2.24. The zero-order valence-corrected chi connectivity index (χ0v) is 12.6. The van der Waals surface area contributed by atoms with E-state index in [9.17, 15) is 5.11 Å². The van der Waals surface area contributed by atoms with Crippen LogP contribution in [0.5, 0.6) is 11.5 Å². The standard InChI is InChI=1S/C19H15ClO2/c20-17-12-15(10-11-18(17)21)16-8-4-5-9-19(16)22-13-14-6-2-1-3-7-14/h1-12,21H,13H2. The first-order chi connectivity index (χ1) is 10.7. The van der Waals surface area contributed by atoms with Crippen molar-refractivity contribution in [1.29, 1.82) is 0 Å². The average molecular weight is 311 g/mol. The van der Waals surface area contributed by atoms with E-state index in [4.69, 9.17) is 16.3 Å². The first-order valence-corrected chi connectivity index (χ1v) is 7.36. The third kappa shape index (κ3) is 3.23. The van der Waals surface area contributed by atoms with Crippen molar-refractivity contribution in [2.75, 3.05) is 0 Å². The smallest absolute Gasteiger partial charge is 0.134 e. The third-order valence-electron chi connectivity index (χ3n) is 3.38. The molecule has 0 saturated heterocycles. The fraction of sp³-hybridized carbons (Fsp3) is 0.0526. The van der Waals surface area contributed by atoms with Gasteiger partial charge in [0.05, 0.1) is 5.02 Å². The van der Waals surface area contributed by atoms with Crippen LogP contribution >= 0.6 is 11.6 Å². The molecule has 0 fully saturated rings. The van der Waals surface area contributed by atoms with Gasteiger partial charge in [-0.25, -0.2) is 0 Å². The SMILES string of the molecule is Oc1ccc(-c2ccccc2OCc2ccccc2)cc1Cl. The van der Waals surface area contributed by atoms with E-state index in [-0.39, 0.29) is 5.75 Å². The monoisotopic (exact) mass is 310 g/mol. The number of rotatable bonds is 4. The van der Waals surface area contributed by atoms with E-state index in [1.165, 1.54) is 0 Å². The third-order valence-corrected chi connectivity index (χ3v) is 3.69. The first kappa shape index (κ1) is 14.5. The number of hydrogen-bond donors (Lipinski definition) is 1. The molecule has 0 aliphatic rings. The summed E-state index contributed by atoms with van der Waals surface area (Å²) in [4.78, 5) is 0. The van der Waals surface area contributed by atoms with Gasteiger partial charge in [-0.2, -0.15) is 0 Å². The Balaban J connectivity index is 1.88. The van der Waals surface area contributed by atoms with Crippen molar-refractivity contribution < 1.29 is 9.84 Å². The number of ether oxygens (including phenoxy) is 1. The van der Waals surface area contributed by atoms with Gasteiger partial charge >= 0.3 is 0 Å². The summed E-state index contributed by atoms with van der Waals surface area (Å²) in [7, 11) is 0. The van der Waals surface area contributed by atoms with Crippen molar-refractivity contribution in [2.45, 2.75) is 6.61 Å². The van der Waals surface area contributed by atoms with Gasteiger partial charge in [0.2, 0.25) is 0 Å². The van der Waals surface area contributed by atoms with Gasteiger partial charge in [-0.1, -0.05) is 66.2 Å². The molecule has 0 unspecified atom stereocenters. The number of halogens is 1. The Hall–Kier alpha value is -2.45. The van der Waals surface area contributed by atoms with Gasteiger partial charge in [-0.3, -0.25) is 0 Å². The first-order valence-electron chi connectivity index (χ1n) is 6.99. The molecule has 3 aromatic rings. The molecule has 0 atom stereocenters. The highest BCUT2D eigenvalue weighted by atomic mass is 35.5. The Morgan fingerprint density at radius 2 is 1.59 bits per heavy atom. The van der Waals surface area contributed by atoms with Gasteiger partial charge in [0.15, 0.2) is 0 Å². The Morgan fingerprint density at radius 3 is 2.36 bits per heavy atom. The summed E-state index contributed by atoms with van der Waals surface area (Å²) in [5.74, 6) is 0.862. The molecule has 0 bridgehead atoms. The van der Waals surface area contributed by atoms with E-state index in [0.29, 0.717) is 11.6 Å². The van der Waals surface area contributed by atoms with Crippen LogP contribution in [0.3, 0.4) is 0 Å². The predicted molar refractivity (Wildman–Crippen MR) is 89.3 cm³/mol. The Bertz CT molecular complexity index is 769. The summed E-state index contributed by atoms with van der Waals surface area (Å²) in [5.41, 5.74) is 2.97. The summed E-state index contributed by atoms with van der Waals surface area (Å²) >= 11 is 6.00. The molecule has 3 heteroatoms. The number of para-hydroxylation sites is 1. The highest BCUT2D eigenvalue weighted by Gasteiger charge is 2.08. The van der Waals surface area contributed by atoms with Crippen molar-refractivity contribution >= 4 is 11.6 Å². The molecule has 0 amide bonds. The molecule has 0 aliphatic heterocycles. The van der Waals surface area contributed by atoms with Gasteiger partial charge in [-0.05, 0) is 29.3 Å². The van der Waals surface area contributed by atoms with Gasteiger partial charge in [0.1, 0.15) is 18.1 Å². The van der Waals surface area contributed by atoms with E-state index in [2.05, 4.69) is 0 Å². The maximum absolute atomic E-state index is 9.55. The molecule has 3 aromatic carbocycles. The molecule has 0 heterocycles. The van der Waals surface area contributed by atoms with Crippen LogP contribution in [-0.4, -0.2) is 5.11 Å². The zero-order valence-electron chi connectivity index (χ0n) is 11.9. The lowest BCUT2D eigenvalue weighted by Crippen LogP contribution is -1.96. The average Bonchev–Trinajstić information content (AvgIpc) is 2.57. The van der Waals surface area contributed by atoms with Gasteiger partial charge in [-0.15, -0.1) is 0 Å². The molecular formula is C19H15ClO2. The van der Waals surface area contributed by atoms with Gasteiger partial charge in [0, 0.05) is 5.56 Å². The Kier molecular flexibility index (Phi) is 4.31. The molecular weight excluding hydrogens is 296 g/mol. The van der Waals surface area contributed by atoms with E-state index in [1.54, 1.807) is 12.1 Å². The second-order valence-electron chi connectivity index (χ2n) is 4.94. The maximum atomic E-state index is 9.55. The summed E-state index contributed by atoms with van der Waals surface area (Å²) in [6.07, 6.45) is 0. The molecule has 22 heavy (non-hydrogen) atoms. The van der Waals surface area contributed by atoms with E-state index >= 15 is 0 Å². The summed E-state index contributed by atoms with van der Waals surface area (Å²) in [6.45, 7) is 0.504. The molecule has 0 saturated carbocycles. The second kappa shape index (κ2) is 6.54. The molecule has 0 aromatic heterocycles. The van der Waals surface area contributed by atoms with Crippen LogP contribution in [0, 0.1) is 0 Å². The van der Waals surface area contributed by atoms with Crippen molar-refractivity contribution in [1.82, 2.24) is 0 Å². The van der Waals surface area contributed by atoms with E-state index < -0.39 is 0 Å². The zero-order chi connectivity index (χ0) is 15.4. The summed E-state index contributed by atoms with van der Waals surface area (Å²) in [5, 5.41) is 9.88. The largest absolute Gasteiger partial charge is 0.506 e. The molecule has 3 rings (SSSR count). The normalized spacial score (nSPS) is 10.4. The summed E-state index contributed by atoms with van der Waals surface area (Å²) < 4.78 is 5.94. The van der Waals surface area contributed by atoms with Crippen LogP contribution in [0.4, 0.5) is 0 Å². The van der Waals surface area contributed by atoms with E-state index in [0.717, 1.165) is 22.4 Å². The van der Waals surface area contributed by atoms with Crippen molar-refractivity contribution in [3.05, 3.63) is 83.4 Å². The molecule has 0 spiro atoms. The van der Waals surface area contributed by atoms with Gasteiger partial charge in [0.25, 0.3) is 0 Å². The van der Waals surface area contributed by atoms with E-state index in [1.807, 2.05) is 60.7 Å². The van der Waals surface area contributed by atoms with Crippen molar-refractivity contribution in [3.63, 3.8) is 0 Å². The van der Waals surface area contributed by atoms with Crippen LogP contribution in [-0.2, 0) is 6.61 Å². The minimum absolute atomic E-state index is 0.0769. The molecule has 0 aliphatic carbocycles. The molecule has 1 N–H and O–H groups in total. The van der Waals surface area contributed by atoms with Crippen LogP contribution in [0.1, 0.15) is 5.56 Å². The van der Waals surface area contributed by atoms with Crippen molar-refractivity contribution in [3.8, 4) is 22.6 Å². The fourth-order valence-corrected chi connectivity index (χ4v) is 2.42. The quantitative estimate of drug-likeness (QED) is 0.709. The maximum Gasteiger partial charge on any atom is 0.134 e. The van der Waals surface area contributed by atoms with Crippen molar-refractivity contribution in [2.24, 2.45) is 0 Å². The highest BCUT2D eigenvalue weighted by Crippen LogP contribution is 2.34. The second-order valence-corrected chi connectivity index (χ2v) is 5.34. The minimum Gasteiger partial charge on any atom is -0.506 e. The lowest BCUT2D eigenvalue weighted by Gasteiger charge is -2.12. The summed E-state index contributed by atoms with van der Waals surface area (Å²) in [6, 6.07) is 23.0. The Labute approximate surface area is 134 Å². The minimum atomic E-state index is 0.0769. The lowest BCUT2D eigenvalue weighted by molar-refractivity contribution is 0.307. The van der Waals surface area contributed by atoms with Gasteiger partial charge < -0.3 is 9.84 Å². The van der Waals surface area contributed by atoms with Crippen LogP contribution in [0.15, 0.2) is 72.8 Å². The molecule has 110 valence electrons. The Morgan fingerprint density at radius 1 is 0.864 bits per heavy atom. The lowest BCUT2D eigenvalue weighted by atomic mass is 10.0. The number of phenols is 1. The van der Waals surface area contributed by atoms with Crippen LogP contribution < -0.4 is 4.74 Å². The number of benzene rings is 3. The number of hydrogen-bond acceptors (Lipinski definition) is 2. The van der Waals surface area contributed by atoms with Crippen LogP contribution in [0.2, 0.25) is 5.02 Å². The highest BCUT2D eigenvalue weighted by molar-refractivity contribution is 6.32. The van der Waals surface area contributed by atoms with Crippen LogP contribution in [0.25, 0.3) is 11.1 Å². The molecule has 0 radical (unpaired) electrons. The molecule has 2 nitrogen and oxygen atoms in total. The predicted octanol–water partition coefficient (Wildman–Crippen LogP) is 5.29.